The van der Waals surface area contributed by atoms with Crippen molar-refractivity contribution in [2.45, 2.75) is 19.4 Å². The SMILES string of the molecule is CC1CN(C(=O)c2cn[nH]n2)CCCO1. The lowest BCUT2D eigenvalue weighted by molar-refractivity contribution is 0.0559. The van der Waals surface area contributed by atoms with Crippen LogP contribution in [0.4, 0.5) is 0 Å². The third-order valence-corrected chi connectivity index (χ3v) is 2.37. The van der Waals surface area contributed by atoms with Crippen LogP contribution in [0.1, 0.15) is 23.8 Å². The molecule has 15 heavy (non-hydrogen) atoms. The van der Waals surface area contributed by atoms with E-state index in [0.717, 1.165) is 13.0 Å². The summed E-state index contributed by atoms with van der Waals surface area (Å²) in [6, 6.07) is 0. The van der Waals surface area contributed by atoms with Crippen LogP contribution in [0.2, 0.25) is 0 Å². The van der Waals surface area contributed by atoms with Gasteiger partial charge >= 0.3 is 0 Å². The molecule has 1 aromatic heterocycles. The van der Waals surface area contributed by atoms with Crippen LogP contribution < -0.4 is 0 Å². The molecule has 0 bridgehead atoms. The number of aromatic amines is 1. The van der Waals surface area contributed by atoms with Crippen LogP contribution in [0.3, 0.4) is 0 Å². The van der Waals surface area contributed by atoms with Crippen molar-refractivity contribution in [2.75, 3.05) is 19.7 Å². The largest absolute Gasteiger partial charge is 0.377 e. The highest BCUT2D eigenvalue weighted by Crippen LogP contribution is 2.08. The molecule has 0 spiro atoms. The molecule has 2 heterocycles. The van der Waals surface area contributed by atoms with Gasteiger partial charge in [-0.3, -0.25) is 4.79 Å². The van der Waals surface area contributed by atoms with Gasteiger partial charge in [-0.25, -0.2) is 0 Å². The Hall–Kier alpha value is -1.43. The average Bonchev–Trinajstić information content (AvgIpc) is 2.67. The van der Waals surface area contributed by atoms with E-state index in [1.807, 2.05) is 6.92 Å². The Labute approximate surface area is 87.6 Å². The van der Waals surface area contributed by atoms with Gasteiger partial charge in [0.2, 0.25) is 0 Å². The number of amides is 1. The van der Waals surface area contributed by atoms with Gasteiger partial charge in [0.05, 0.1) is 12.3 Å². The molecule has 1 aromatic rings. The standard InChI is InChI=1S/C9H14N4O2/c1-7-6-13(3-2-4-15-7)9(14)8-5-10-12-11-8/h5,7H,2-4,6H2,1H3,(H,10,11,12). The van der Waals surface area contributed by atoms with Gasteiger partial charge in [0.15, 0.2) is 5.69 Å². The maximum Gasteiger partial charge on any atom is 0.276 e. The molecule has 82 valence electrons. The Bertz CT molecular complexity index is 325. The number of hydrogen-bond donors (Lipinski definition) is 1. The number of carbonyl (C=O) groups is 1. The molecule has 0 radical (unpaired) electrons. The minimum absolute atomic E-state index is 0.0823. The van der Waals surface area contributed by atoms with Gasteiger partial charge < -0.3 is 9.64 Å². The third-order valence-electron chi connectivity index (χ3n) is 2.37. The molecule has 6 heteroatoms. The molecule has 0 saturated carbocycles. The Morgan fingerprint density at radius 2 is 2.60 bits per heavy atom. The van der Waals surface area contributed by atoms with Gasteiger partial charge in [-0.1, -0.05) is 0 Å². The molecule has 1 fully saturated rings. The van der Waals surface area contributed by atoms with E-state index in [4.69, 9.17) is 4.74 Å². The van der Waals surface area contributed by atoms with Crippen molar-refractivity contribution in [2.24, 2.45) is 0 Å². The molecule has 1 atom stereocenters. The van der Waals surface area contributed by atoms with Gasteiger partial charge in [-0.05, 0) is 13.3 Å². The van der Waals surface area contributed by atoms with Crippen molar-refractivity contribution in [3.8, 4) is 0 Å². The quantitative estimate of drug-likeness (QED) is 0.711. The fourth-order valence-electron chi connectivity index (χ4n) is 1.65. The predicted molar refractivity (Wildman–Crippen MR) is 52.3 cm³/mol. The first-order valence-corrected chi connectivity index (χ1v) is 5.04. The zero-order chi connectivity index (χ0) is 10.7. The summed E-state index contributed by atoms with van der Waals surface area (Å²) in [6.45, 7) is 4.01. The van der Waals surface area contributed by atoms with E-state index in [1.54, 1.807) is 4.90 Å². The van der Waals surface area contributed by atoms with Gasteiger partial charge in [0, 0.05) is 19.7 Å². The highest BCUT2D eigenvalue weighted by molar-refractivity contribution is 5.91. The van der Waals surface area contributed by atoms with Gasteiger partial charge in [0.1, 0.15) is 0 Å². The maximum atomic E-state index is 11.9. The highest BCUT2D eigenvalue weighted by atomic mass is 16.5. The van der Waals surface area contributed by atoms with Crippen LogP contribution in [0, 0.1) is 0 Å². The number of aromatic nitrogens is 3. The van der Waals surface area contributed by atoms with Gasteiger partial charge in [-0.2, -0.15) is 15.4 Å². The van der Waals surface area contributed by atoms with E-state index in [1.165, 1.54) is 6.20 Å². The molecule has 1 aliphatic rings. The minimum atomic E-state index is -0.0823. The average molecular weight is 210 g/mol. The van der Waals surface area contributed by atoms with Crippen LogP contribution in [-0.4, -0.2) is 52.0 Å². The first-order chi connectivity index (χ1) is 7.27. The minimum Gasteiger partial charge on any atom is -0.377 e. The molecule has 1 N–H and O–H groups in total. The fraction of sp³-hybridized carbons (Fsp3) is 0.667. The number of nitrogens with zero attached hydrogens (tertiary/aromatic N) is 3. The second kappa shape index (κ2) is 4.39. The van der Waals surface area contributed by atoms with Crippen molar-refractivity contribution in [1.82, 2.24) is 20.3 Å². The first-order valence-electron chi connectivity index (χ1n) is 5.04. The summed E-state index contributed by atoms with van der Waals surface area (Å²) in [5, 5.41) is 9.84. The Morgan fingerprint density at radius 3 is 3.33 bits per heavy atom. The van der Waals surface area contributed by atoms with Crippen molar-refractivity contribution < 1.29 is 9.53 Å². The second-order valence-corrected chi connectivity index (χ2v) is 3.64. The van der Waals surface area contributed by atoms with Crippen LogP contribution in [-0.2, 0) is 4.74 Å². The Morgan fingerprint density at radius 1 is 1.73 bits per heavy atom. The van der Waals surface area contributed by atoms with E-state index >= 15 is 0 Å². The normalized spacial score (nSPS) is 22.5. The van der Waals surface area contributed by atoms with E-state index in [9.17, 15) is 4.79 Å². The lowest BCUT2D eigenvalue weighted by atomic mass is 10.3. The summed E-state index contributed by atoms with van der Waals surface area (Å²) in [5.41, 5.74) is 0.365. The van der Waals surface area contributed by atoms with Crippen molar-refractivity contribution in [1.29, 1.82) is 0 Å². The zero-order valence-electron chi connectivity index (χ0n) is 8.64. The van der Waals surface area contributed by atoms with E-state index in [0.29, 0.717) is 18.8 Å². The fourth-order valence-corrected chi connectivity index (χ4v) is 1.65. The topological polar surface area (TPSA) is 71.1 Å². The molecule has 1 saturated heterocycles. The first kappa shape index (κ1) is 10.1. The monoisotopic (exact) mass is 210 g/mol. The lowest BCUT2D eigenvalue weighted by Crippen LogP contribution is -2.36. The summed E-state index contributed by atoms with van der Waals surface area (Å²) < 4.78 is 5.46. The van der Waals surface area contributed by atoms with Crippen molar-refractivity contribution in [3.63, 3.8) is 0 Å². The smallest absolute Gasteiger partial charge is 0.276 e. The number of rotatable bonds is 1. The van der Waals surface area contributed by atoms with E-state index in [-0.39, 0.29) is 12.0 Å². The van der Waals surface area contributed by atoms with Crippen LogP contribution in [0.15, 0.2) is 6.20 Å². The number of hydrogen-bond acceptors (Lipinski definition) is 4. The number of carbonyl (C=O) groups excluding carboxylic acids is 1. The summed E-state index contributed by atoms with van der Waals surface area (Å²) in [4.78, 5) is 13.7. The van der Waals surface area contributed by atoms with Gasteiger partial charge in [0.25, 0.3) is 5.91 Å². The number of H-pyrrole nitrogens is 1. The third kappa shape index (κ3) is 2.33. The molecule has 6 nitrogen and oxygen atoms in total. The van der Waals surface area contributed by atoms with Crippen molar-refractivity contribution >= 4 is 5.91 Å². The predicted octanol–water partition coefficient (Wildman–Crippen LogP) is 0.0557. The molecule has 0 aromatic carbocycles. The maximum absolute atomic E-state index is 11.9. The molecule has 1 amide bonds. The summed E-state index contributed by atoms with van der Waals surface area (Å²) in [7, 11) is 0. The number of nitrogens with one attached hydrogen (secondary N) is 1. The second-order valence-electron chi connectivity index (χ2n) is 3.64. The molecule has 1 unspecified atom stereocenters. The molecule has 0 aliphatic carbocycles. The molecule has 2 rings (SSSR count). The highest BCUT2D eigenvalue weighted by Gasteiger charge is 2.22. The molecular weight excluding hydrogens is 196 g/mol. The molecule has 1 aliphatic heterocycles. The lowest BCUT2D eigenvalue weighted by Gasteiger charge is -2.20. The summed E-state index contributed by atoms with van der Waals surface area (Å²) >= 11 is 0. The molecular formula is C9H14N4O2. The van der Waals surface area contributed by atoms with E-state index in [2.05, 4.69) is 15.4 Å². The van der Waals surface area contributed by atoms with Crippen molar-refractivity contribution in [3.05, 3.63) is 11.9 Å². The van der Waals surface area contributed by atoms with Crippen LogP contribution in [0.5, 0.6) is 0 Å². The summed E-state index contributed by atoms with van der Waals surface area (Å²) in [5.74, 6) is -0.0823. The van der Waals surface area contributed by atoms with E-state index < -0.39 is 0 Å². The summed E-state index contributed by atoms with van der Waals surface area (Å²) in [6.07, 6.45) is 2.40. The Kier molecular flexibility index (Phi) is 2.96. The van der Waals surface area contributed by atoms with Crippen LogP contribution in [0.25, 0.3) is 0 Å². The van der Waals surface area contributed by atoms with Crippen LogP contribution >= 0.6 is 0 Å². The van der Waals surface area contributed by atoms with Gasteiger partial charge in [-0.15, -0.1) is 0 Å². The zero-order valence-corrected chi connectivity index (χ0v) is 8.64. The number of ether oxygens (including phenoxy) is 1. The Balaban J connectivity index is 2.06.